The van der Waals surface area contributed by atoms with E-state index in [2.05, 4.69) is 10.1 Å². The van der Waals surface area contributed by atoms with Crippen molar-refractivity contribution in [3.05, 3.63) is 74.0 Å². The van der Waals surface area contributed by atoms with Crippen molar-refractivity contribution in [3.8, 4) is 11.4 Å². The molecular weight excluding hydrogens is 354 g/mol. The first-order valence-corrected chi connectivity index (χ1v) is 7.99. The molecule has 0 aliphatic rings. The molecule has 0 saturated heterocycles. The number of amides is 1. The third kappa shape index (κ3) is 3.73. The summed E-state index contributed by atoms with van der Waals surface area (Å²) in [4.78, 5) is 38.2. The molecule has 2 aromatic heterocycles. The summed E-state index contributed by atoms with van der Waals surface area (Å²) in [6.45, 7) is 1.80. The normalized spacial score (nSPS) is 10.7. The van der Waals surface area contributed by atoms with Crippen LogP contribution < -0.4 is 11.3 Å². The van der Waals surface area contributed by atoms with E-state index in [4.69, 9.17) is 10.3 Å². The lowest BCUT2D eigenvalue weighted by Crippen LogP contribution is -2.30. The third-order valence-corrected chi connectivity index (χ3v) is 3.94. The zero-order valence-corrected chi connectivity index (χ0v) is 14.3. The minimum atomic E-state index is -1.06. The van der Waals surface area contributed by atoms with Crippen molar-refractivity contribution in [2.45, 2.75) is 19.9 Å². The SMILES string of the molecule is CCc1ccc(-c2noc(Cn3cc([N+](=O)[O-])cc(C(N)=O)c3=O)n2)cc1. The van der Waals surface area contributed by atoms with Gasteiger partial charge in [-0.1, -0.05) is 36.3 Å². The molecule has 3 rings (SSSR count). The fourth-order valence-electron chi connectivity index (χ4n) is 2.49. The first kappa shape index (κ1) is 18.0. The molecular formula is C17H15N5O5. The van der Waals surface area contributed by atoms with Crippen LogP contribution in [0.25, 0.3) is 11.4 Å². The molecule has 2 N–H and O–H groups in total. The van der Waals surface area contributed by atoms with Gasteiger partial charge in [0.15, 0.2) is 0 Å². The van der Waals surface area contributed by atoms with Crippen molar-refractivity contribution < 1.29 is 14.2 Å². The van der Waals surface area contributed by atoms with Crippen molar-refractivity contribution >= 4 is 11.6 Å². The molecule has 0 aliphatic heterocycles. The number of hydrogen-bond acceptors (Lipinski definition) is 7. The van der Waals surface area contributed by atoms with Gasteiger partial charge in [0.05, 0.1) is 11.1 Å². The summed E-state index contributed by atoms with van der Waals surface area (Å²) in [6, 6.07) is 8.41. The number of hydrogen-bond donors (Lipinski definition) is 1. The topological polar surface area (TPSA) is 147 Å². The maximum Gasteiger partial charge on any atom is 0.286 e. The van der Waals surface area contributed by atoms with Gasteiger partial charge in [0.25, 0.3) is 17.2 Å². The van der Waals surface area contributed by atoms with Gasteiger partial charge in [-0.05, 0) is 12.0 Å². The maximum absolute atomic E-state index is 12.3. The van der Waals surface area contributed by atoms with Crippen LogP contribution in [0.15, 0.2) is 45.8 Å². The minimum Gasteiger partial charge on any atom is -0.365 e. The van der Waals surface area contributed by atoms with E-state index in [0.717, 1.165) is 34.4 Å². The molecule has 0 unspecified atom stereocenters. The largest absolute Gasteiger partial charge is 0.365 e. The highest BCUT2D eigenvalue weighted by atomic mass is 16.6. The van der Waals surface area contributed by atoms with Gasteiger partial charge in [-0.3, -0.25) is 24.3 Å². The second kappa shape index (κ2) is 7.20. The number of benzene rings is 1. The molecule has 0 saturated carbocycles. The number of aryl methyl sites for hydroxylation is 1. The van der Waals surface area contributed by atoms with E-state index < -0.39 is 27.6 Å². The number of pyridine rings is 1. The summed E-state index contributed by atoms with van der Waals surface area (Å²) in [5.74, 6) is -0.677. The molecule has 10 nitrogen and oxygen atoms in total. The van der Waals surface area contributed by atoms with E-state index in [1.54, 1.807) is 0 Å². The summed E-state index contributed by atoms with van der Waals surface area (Å²) in [7, 11) is 0. The molecule has 0 radical (unpaired) electrons. The molecule has 0 bridgehead atoms. The van der Waals surface area contributed by atoms with Gasteiger partial charge in [-0.15, -0.1) is 0 Å². The molecule has 10 heteroatoms. The Hall–Kier alpha value is -3.82. The highest BCUT2D eigenvalue weighted by molar-refractivity contribution is 5.92. The Bertz CT molecular complexity index is 1070. The maximum atomic E-state index is 12.3. The summed E-state index contributed by atoms with van der Waals surface area (Å²) in [5.41, 5.74) is 5.30. The lowest BCUT2D eigenvalue weighted by molar-refractivity contribution is -0.385. The number of aromatic nitrogens is 3. The highest BCUT2D eigenvalue weighted by Crippen LogP contribution is 2.17. The molecule has 0 fully saturated rings. The number of nitrogens with two attached hydrogens (primary N) is 1. The van der Waals surface area contributed by atoms with Crippen molar-refractivity contribution in [2.24, 2.45) is 5.73 Å². The Labute approximate surface area is 152 Å². The quantitative estimate of drug-likeness (QED) is 0.511. The number of nitrogens with zero attached hydrogens (tertiary/aromatic N) is 4. The van der Waals surface area contributed by atoms with Crippen molar-refractivity contribution in [1.29, 1.82) is 0 Å². The van der Waals surface area contributed by atoms with Gasteiger partial charge in [0, 0.05) is 11.6 Å². The molecule has 3 aromatic rings. The van der Waals surface area contributed by atoms with Crippen LogP contribution in [0, 0.1) is 10.1 Å². The van der Waals surface area contributed by atoms with Crippen LogP contribution in [-0.2, 0) is 13.0 Å². The Morgan fingerprint density at radius 2 is 2.04 bits per heavy atom. The van der Waals surface area contributed by atoms with Crippen LogP contribution in [0.1, 0.15) is 28.7 Å². The van der Waals surface area contributed by atoms with Crippen LogP contribution in [0.5, 0.6) is 0 Å². The molecule has 0 aliphatic carbocycles. The van der Waals surface area contributed by atoms with Crippen molar-refractivity contribution in [2.75, 3.05) is 0 Å². The van der Waals surface area contributed by atoms with Crippen molar-refractivity contribution in [1.82, 2.24) is 14.7 Å². The number of carbonyl (C=O) groups is 1. The zero-order chi connectivity index (χ0) is 19.6. The van der Waals surface area contributed by atoms with Gasteiger partial charge in [-0.25, -0.2) is 0 Å². The fourth-order valence-corrected chi connectivity index (χ4v) is 2.49. The van der Waals surface area contributed by atoms with Gasteiger partial charge in [0.1, 0.15) is 12.1 Å². The third-order valence-electron chi connectivity index (χ3n) is 3.94. The van der Waals surface area contributed by atoms with Gasteiger partial charge in [-0.2, -0.15) is 4.98 Å². The Balaban J connectivity index is 1.93. The summed E-state index contributed by atoms with van der Waals surface area (Å²) >= 11 is 0. The average Bonchev–Trinajstić information content (AvgIpc) is 3.11. The standard InChI is InChI=1S/C17H15N5O5/c1-2-10-3-5-11(6-4-10)16-19-14(27-20-16)9-21-8-12(22(25)26)7-13(15(18)23)17(21)24/h3-8H,2,9H2,1H3,(H2,18,23). The van der Waals surface area contributed by atoms with Crippen LogP contribution in [0.4, 0.5) is 5.69 Å². The molecule has 2 heterocycles. The summed E-state index contributed by atoms with van der Waals surface area (Å²) in [5, 5.41) is 14.9. The molecule has 1 aromatic carbocycles. The molecule has 0 atom stereocenters. The smallest absolute Gasteiger partial charge is 0.286 e. The highest BCUT2D eigenvalue weighted by Gasteiger charge is 2.19. The monoisotopic (exact) mass is 369 g/mol. The van der Waals surface area contributed by atoms with Crippen LogP contribution in [0.2, 0.25) is 0 Å². The van der Waals surface area contributed by atoms with E-state index >= 15 is 0 Å². The van der Waals surface area contributed by atoms with Crippen LogP contribution >= 0.6 is 0 Å². The number of rotatable bonds is 6. The predicted molar refractivity (Wildman–Crippen MR) is 94.1 cm³/mol. The minimum absolute atomic E-state index is 0.0580. The number of primary amides is 1. The van der Waals surface area contributed by atoms with Gasteiger partial charge in [0.2, 0.25) is 11.7 Å². The first-order chi connectivity index (χ1) is 12.9. The summed E-state index contributed by atoms with van der Waals surface area (Å²) in [6.07, 6.45) is 1.89. The molecule has 27 heavy (non-hydrogen) atoms. The van der Waals surface area contributed by atoms with Gasteiger partial charge < -0.3 is 10.3 Å². The molecule has 1 amide bonds. The van der Waals surface area contributed by atoms with Gasteiger partial charge >= 0.3 is 0 Å². The van der Waals surface area contributed by atoms with E-state index in [1.165, 1.54) is 0 Å². The lowest BCUT2D eigenvalue weighted by Gasteiger charge is -2.04. The molecule has 0 spiro atoms. The van der Waals surface area contributed by atoms with Crippen LogP contribution in [-0.4, -0.2) is 25.5 Å². The van der Waals surface area contributed by atoms with Crippen LogP contribution in [0.3, 0.4) is 0 Å². The Morgan fingerprint density at radius 3 is 2.63 bits per heavy atom. The Morgan fingerprint density at radius 1 is 1.33 bits per heavy atom. The van der Waals surface area contributed by atoms with E-state index in [0.29, 0.717) is 5.82 Å². The number of carbonyl (C=O) groups excluding carboxylic acids is 1. The lowest BCUT2D eigenvalue weighted by atomic mass is 10.1. The average molecular weight is 369 g/mol. The predicted octanol–water partition coefficient (Wildman–Crippen LogP) is 1.52. The number of nitro groups is 1. The van der Waals surface area contributed by atoms with E-state index in [-0.39, 0.29) is 12.4 Å². The van der Waals surface area contributed by atoms with E-state index in [9.17, 15) is 19.7 Å². The fraction of sp³-hybridized carbons (Fsp3) is 0.176. The summed E-state index contributed by atoms with van der Waals surface area (Å²) < 4.78 is 6.07. The van der Waals surface area contributed by atoms with Crippen molar-refractivity contribution in [3.63, 3.8) is 0 Å². The second-order valence-electron chi connectivity index (χ2n) is 5.73. The molecule has 138 valence electrons. The van der Waals surface area contributed by atoms with E-state index in [1.807, 2.05) is 31.2 Å². The Kier molecular flexibility index (Phi) is 4.79. The zero-order valence-electron chi connectivity index (χ0n) is 14.3. The first-order valence-electron chi connectivity index (χ1n) is 7.99. The second-order valence-corrected chi connectivity index (χ2v) is 5.73.